The Balaban J connectivity index is 3.23. The van der Waals surface area contributed by atoms with Crippen LogP contribution in [0.25, 0.3) is 0 Å². The topological polar surface area (TPSA) is 0 Å². The van der Waals surface area contributed by atoms with Crippen molar-refractivity contribution in [1.29, 1.82) is 0 Å². The first-order valence-electron chi connectivity index (χ1n) is 6.53. The maximum atomic E-state index is 2.37. The van der Waals surface area contributed by atoms with Crippen LogP contribution in [0.15, 0.2) is 30.3 Å². The molecule has 0 saturated carbocycles. The Labute approximate surface area is 101 Å². The fourth-order valence-corrected chi connectivity index (χ4v) is 3.05. The summed E-state index contributed by atoms with van der Waals surface area (Å²) >= 11 is 0. The Bertz CT molecular complexity index is 305. The van der Waals surface area contributed by atoms with Crippen molar-refractivity contribution in [3.63, 3.8) is 0 Å². The smallest absolute Gasteiger partial charge is 0.000124 e. The summed E-state index contributed by atoms with van der Waals surface area (Å²) in [5.74, 6) is 0. The molecule has 0 N–H and O–H groups in total. The lowest BCUT2D eigenvalue weighted by atomic mass is 9.59. The summed E-state index contributed by atoms with van der Waals surface area (Å²) in [7, 11) is 0. The molecule has 1 atom stereocenters. The molecule has 0 heteroatoms. The molecule has 0 fully saturated rings. The van der Waals surface area contributed by atoms with Gasteiger partial charge in [-0.2, -0.15) is 0 Å². The molecule has 0 amide bonds. The maximum Gasteiger partial charge on any atom is -0.000124 e. The van der Waals surface area contributed by atoms with E-state index in [4.69, 9.17) is 0 Å². The molecule has 0 aromatic heterocycles. The molecule has 1 unspecified atom stereocenters. The van der Waals surface area contributed by atoms with Gasteiger partial charge in [0.1, 0.15) is 0 Å². The molecular weight excluding hydrogens is 192 g/mol. The van der Waals surface area contributed by atoms with Crippen molar-refractivity contribution in [2.45, 2.75) is 59.3 Å². The van der Waals surface area contributed by atoms with Gasteiger partial charge in [0.15, 0.2) is 0 Å². The van der Waals surface area contributed by atoms with E-state index in [0.29, 0.717) is 10.8 Å². The third-order valence-corrected chi connectivity index (χ3v) is 4.04. The SMILES string of the molecule is CCCC(CC)(c1ccccc1)C(C)(C)C. The Morgan fingerprint density at radius 1 is 0.938 bits per heavy atom. The second-order valence-electron chi connectivity index (χ2n) is 5.80. The lowest BCUT2D eigenvalue weighted by molar-refractivity contribution is 0.159. The summed E-state index contributed by atoms with van der Waals surface area (Å²) in [4.78, 5) is 0. The molecule has 0 aliphatic rings. The molecular formula is C16H26. The van der Waals surface area contributed by atoms with Crippen molar-refractivity contribution in [2.75, 3.05) is 0 Å². The van der Waals surface area contributed by atoms with Gasteiger partial charge in [0.25, 0.3) is 0 Å². The van der Waals surface area contributed by atoms with Gasteiger partial charge >= 0.3 is 0 Å². The Hall–Kier alpha value is -0.780. The Kier molecular flexibility index (Phi) is 4.18. The quantitative estimate of drug-likeness (QED) is 0.653. The minimum Gasteiger partial charge on any atom is -0.0654 e. The van der Waals surface area contributed by atoms with Crippen LogP contribution in [-0.2, 0) is 5.41 Å². The highest BCUT2D eigenvalue weighted by molar-refractivity contribution is 5.27. The summed E-state index contributed by atoms with van der Waals surface area (Å²) in [6, 6.07) is 11.0. The van der Waals surface area contributed by atoms with Crippen LogP contribution in [0.2, 0.25) is 0 Å². The molecule has 0 heterocycles. The second-order valence-corrected chi connectivity index (χ2v) is 5.80. The van der Waals surface area contributed by atoms with Gasteiger partial charge in [0.2, 0.25) is 0 Å². The minimum absolute atomic E-state index is 0.319. The fourth-order valence-electron chi connectivity index (χ4n) is 3.05. The zero-order chi connectivity index (χ0) is 12.2. The third kappa shape index (κ3) is 2.31. The van der Waals surface area contributed by atoms with Gasteiger partial charge in [-0.15, -0.1) is 0 Å². The first-order valence-corrected chi connectivity index (χ1v) is 6.53. The van der Waals surface area contributed by atoms with Crippen LogP contribution in [0.5, 0.6) is 0 Å². The Morgan fingerprint density at radius 3 is 1.88 bits per heavy atom. The molecule has 0 aliphatic carbocycles. The van der Waals surface area contributed by atoms with E-state index in [1.807, 2.05) is 0 Å². The van der Waals surface area contributed by atoms with Crippen LogP contribution >= 0.6 is 0 Å². The summed E-state index contributed by atoms with van der Waals surface area (Å²) in [6.45, 7) is 11.7. The minimum atomic E-state index is 0.319. The lowest BCUT2D eigenvalue weighted by Gasteiger charge is -2.45. The molecule has 0 aliphatic heterocycles. The molecule has 0 nitrogen and oxygen atoms in total. The monoisotopic (exact) mass is 218 g/mol. The van der Waals surface area contributed by atoms with Gasteiger partial charge in [-0.05, 0) is 29.2 Å². The van der Waals surface area contributed by atoms with E-state index < -0.39 is 0 Å². The van der Waals surface area contributed by atoms with E-state index >= 15 is 0 Å². The number of benzene rings is 1. The molecule has 0 spiro atoms. The third-order valence-electron chi connectivity index (χ3n) is 4.04. The fraction of sp³-hybridized carbons (Fsp3) is 0.625. The van der Waals surface area contributed by atoms with Crippen molar-refractivity contribution < 1.29 is 0 Å². The predicted octanol–water partition coefficient (Wildman–Crippen LogP) is 5.18. The van der Waals surface area contributed by atoms with Gasteiger partial charge in [0.05, 0.1) is 0 Å². The molecule has 0 radical (unpaired) electrons. The zero-order valence-electron chi connectivity index (χ0n) is 11.5. The highest BCUT2D eigenvalue weighted by atomic mass is 14.4. The summed E-state index contributed by atoms with van der Waals surface area (Å²) < 4.78 is 0. The van der Waals surface area contributed by atoms with Crippen molar-refractivity contribution in [3.05, 3.63) is 35.9 Å². The van der Waals surface area contributed by atoms with Crippen LogP contribution in [0.3, 0.4) is 0 Å². The summed E-state index contributed by atoms with van der Waals surface area (Å²) in [5, 5.41) is 0. The highest BCUT2D eigenvalue weighted by Gasteiger charge is 2.40. The molecule has 1 aromatic carbocycles. The van der Waals surface area contributed by atoms with Gasteiger partial charge in [-0.1, -0.05) is 71.4 Å². The van der Waals surface area contributed by atoms with Gasteiger partial charge < -0.3 is 0 Å². The maximum absolute atomic E-state index is 2.37. The molecule has 1 aromatic rings. The van der Waals surface area contributed by atoms with Crippen molar-refractivity contribution >= 4 is 0 Å². The van der Waals surface area contributed by atoms with Crippen LogP contribution in [0.4, 0.5) is 0 Å². The standard InChI is InChI=1S/C16H26/c1-6-13-16(7-2,15(3,4)5)14-11-9-8-10-12-14/h8-12H,6-7,13H2,1-5H3. The average molecular weight is 218 g/mol. The zero-order valence-corrected chi connectivity index (χ0v) is 11.5. The average Bonchev–Trinajstić information content (AvgIpc) is 2.25. The van der Waals surface area contributed by atoms with Crippen molar-refractivity contribution in [2.24, 2.45) is 5.41 Å². The Morgan fingerprint density at radius 2 is 1.50 bits per heavy atom. The van der Waals surface area contributed by atoms with E-state index in [2.05, 4.69) is 65.0 Å². The number of hydrogen-bond acceptors (Lipinski definition) is 0. The van der Waals surface area contributed by atoms with Crippen LogP contribution in [-0.4, -0.2) is 0 Å². The molecule has 0 bridgehead atoms. The normalized spacial score (nSPS) is 15.8. The summed E-state index contributed by atoms with van der Waals surface area (Å²) in [6.07, 6.45) is 3.74. The first-order chi connectivity index (χ1) is 7.48. The molecule has 16 heavy (non-hydrogen) atoms. The largest absolute Gasteiger partial charge is 0.0654 e. The van der Waals surface area contributed by atoms with Crippen molar-refractivity contribution in [3.8, 4) is 0 Å². The van der Waals surface area contributed by atoms with E-state index in [0.717, 1.165) is 0 Å². The van der Waals surface area contributed by atoms with E-state index in [1.54, 1.807) is 0 Å². The second kappa shape index (κ2) is 5.03. The molecule has 90 valence electrons. The predicted molar refractivity (Wildman–Crippen MR) is 72.8 cm³/mol. The van der Waals surface area contributed by atoms with Gasteiger partial charge in [0, 0.05) is 0 Å². The van der Waals surface area contributed by atoms with Gasteiger partial charge in [-0.25, -0.2) is 0 Å². The van der Waals surface area contributed by atoms with Crippen molar-refractivity contribution in [1.82, 2.24) is 0 Å². The van der Waals surface area contributed by atoms with E-state index in [1.165, 1.54) is 24.8 Å². The van der Waals surface area contributed by atoms with Crippen LogP contribution in [0, 0.1) is 5.41 Å². The number of hydrogen-bond donors (Lipinski definition) is 0. The van der Waals surface area contributed by atoms with Crippen LogP contribution in [0.1, 0.15) is 59.4 Å². The first kappa shape index (κ1) is 13.3. The van der Waals surface area contributed by atoms with Gasteiger partial charge in [-0.3, -0.25) is 0 Å². The molecule has 1 rings (SSSR count). The van der Waals surface area contributed by atoms with E-state index in [-0.39, 0.29) is 0 Å². The highest BCUT2D eigenvalue weighted by Crippen LogP contribution is 2.47. The summed E-state index contributed by atoms with van der Waals surface area (Å²) in [5.41, 5.74) is 2.15. The van der Waals surface area contributed by atoms with Crippen LogP contribution < -0.4 is 0 Å². The number of rotatable bonds is 4. The van der Waals surface area contributed by atoms with E-state index in [9.17, 15) is 0 Å². The lowest BCUT2D eigenvalue weighted by Crippen LogP contribution is -2.39. The molecule has 0 saturated heterocycles.